The number of aromatic hydroxyl groups is 1. The largest absolute Gasteiger partial charge is 0.508 e. The van der Waals surface area contributed by atoms with Crippen molar-refractivity contribution in [2.45, 2.75) is 13.8 Å². The van der Waals surface area contributed by atoms with Gasteiger partial charge in [-0.15, -0.1) is 0 Å². The molecule has 1 heterocycles. The van der Waals surface area contributed by atoms with E-state index in [0.29, 0.717) is 11.5 Å². The van der Waals surface area contributed by atoms with Gasteiger partial charge >= 0.3 is 0 Å². The summed E-state index contributed by atoms with van der Waals surface area (Å²) in [4.78, 5) is 4.14. The Morgan fingerprint density at radius 1 is 1.33 bits per heavy atom. The Labute approximate surface area is 69.7 Å². The molecule has 0 radical (unpaired) electrons. The van der Waals surface area contributed by atoms with E-state index in [1.165, 1.54) is 0 Å². The van der Waals surface area contributed by atoms with Crippen molar-refractivity contribution in [2.24, 2.45) is 0 Å². The number of fused-ring (bicyclic) bond motifs is 1. The minimum Gasteiger partial charge on any atom is -0.508 e. The SMILES string of the molecule is Cc1nc2cc(C)c(O)cc2o1. The minimum atomic E-state index is 0.249. The quantitative estimate of drug-likeness (QED) is 0.647. The zero-order valence-electron chi connectivity index (χ0n) is 6.96. The molecule has 0 unspecified atom stereocenters. The second-order valence-electron chi connectivity index (χ2n) is 2.84. The lowest BCUT2D eigenvalue weighted by molar-refractivity contribution is 0.470. The second-order valence-corrected chi connectivity index (χ2v) is 2.84. The predicted molar refractivity (Wildman–Crippen MR) is 45.1 cm³/mol. The average Bonchev–Trinajstić information content (AvgIpc) is 2.30. The number of phenolic OH excluding ortho intramolecular Hbond substituents is 1. The first-order chi connectivity index (χ1) is 5.66. The van der Waals surface area contributed by atoms with Gasteiger partial charge in [0.2, 0.25) is 0 Å². The molecule has 2 rings (SSSR count). The van der Waals surface area contributed by atoms with E-state index in [1.807, 2.05) is 6.92 Å². The molecule has 0 aliphatic heterocycles. The summed E-state index contributed by atoms with van der Waals surface area (Å²) in [6.45, 7) is 3.62. The normalized spacial score (nSPS) is 10.8. The van der Waals surface area contributed by atoms with Crippen LogP contribution in [-0.4, -0.2) is 10.1 Å². The molecule has 0 aliphatic rings. The van der Waals surface area contributed by atoms with Crippen LogP contribution in [0.3, 0.4) is 0 Å². The first-order valence-corrected chi connectivity index (χ1v) is 3.73. The van der Waals surface area contributed by atoms with E-state index in [4.69, 9.17) is 4.42 Å². The number of phenols is 1. The average molecular weight is 163 g/mol. The summed E-state index contributed by atoms with van der Waals surface area (Å²) in [5.74, 6) is 0.869. The third-order valence-electron chi connectivity index (χ3n) is 1.81. The molecule has 3 nitrogen and oxygen atoms in total. The van der Waals surface area contributed by atoms with Crippen LogP contribution in [0.15, 0.2) is 16.5 Å². The third kappa shape index (κ3) is 0.942. The molecule has 1 N–H and O–H groups in total. The van der Waals surface area contributed by atoms with Crippen LogP contribution in [0.2, 0.25) is 0 Å². The third-order valence-corrected chi connectivity index (χ3v) is 1.81. The van der Waals surface area contributed by atoms with Crippen LogP contribution >= 0.6 is 0 Å². The van der Waals surface area contributed by atoms with Crippen LogP contribution < -0.4 is 0 Å². The minimum absolute atomic E-state index is 0.249. The Hall–Kier alpha value is -1.51. The number of benzene rings is 1. The number of hydrogen-bond acceptors (Lipinski definition) is 3. The molecule has 0 fully saturated rings. The van der Waals surface area contributed by atoms with Gasteiger partial charge < -0.3 is 9.52 Å². The van der Waals surface area contributed by atoms with Crippen LogP contribution in [0.25, 0.3) is 11.1 Å². The van der Waals surface area contributed by atoms with Crippen LogP contribution in [0.1, 0.15) is 11.5 Å². The summed E-state index contributed by atoms with van der Waals surface area (Å²) in [6, 6.07) is 3.39. The molecule has 2 aromatic rings. The van der Waals surface area contributed by atoms with Crippen molar-refractivity contribution >= 4 is 11.1 Å². The molecule has 0 atom stereocenters. The Kier molecular flexibility index (Phi) is 1.33. The summed E-state index contributed by atoms with van der Waals surface area (Å²) in [5, 5.41) is 9.34. The molecule has 0 saturated heterocycles. The topological polar surface area (TPSA) is 46.3 Å². The van der Waals surface area contributed by atoms with Crippen molar-refractivity contribution < 1.29 is 9.52 Å². The zero-order chi connectivity index (χ0) is 8.72. The van der Waals surface area contributed by atoms with Crippen LogP contribution in [0, 0.1) is 13.8 Å². The molecule has 0 aliphatic carbocycles. The monoisotopic (exact) mass is 163 g/mol. The molecule has 0 amide bonds. The van der Waals surface area contributed by atoms with E-state index in [2.05, 4.69) is 4.98 Å². The number of rotatable bonds is 0. The number of hydrogen-bond donors (Lipinski definition) is 1. The van der Waals surface area contributed by atoms with Crippen molar-refractivity contribution in [3.05, 3.63) is 23.6 Å². The standard InChI is InChI=1S/C9H9NO2/c1-5-3-7-9(4-8(5)11)12-6(2)10-7/h3-4,11H,1-2H3. The Morgan fingerprint density at radius 3 is 2.83 bits per heavy atom. The summed E-state index contributed by atoms with van der Waals surface area (Å²) in [6.07, 6.45) is 0. The number of nitrogens with zero attached hydrogens (tertiary/aromatic N) is 1. The highest BCUT2D eigenvalue weighted by molar-refractivity contribution is 5.75. The number of aryl methyl sites for hydroxylation is 2. The first kappa shape index (κ1) is 7.16. The fourth-order valence-electron chi connectivity index (χ4n) is 1.18. The molecule has 0 spiro atoms. The van der Waals surface area contributed by atoms with Gasteiger partial charge in [-0.1, -0.05) is 0 Å². The van der Waals surface area contributed by atoms with Gasteiger partial charge in [0, 0.05) is 13.0 Å². The molecule has 12 heavy (non-hydrogen) atoms. The fraction of sp³-hybridized carbons (Fsp3) is 0.222. The lowest BCUT2D eigenvalue weighted by atomic mass is 10.2. The van der Waals surface area contributed by atoms with Gasteiger partial charge in [-0.3, -0.25) is 0 Å². The fourth-order valence-corrected chi connectivity index (χ4v) is 1.18. The van der Waals surface area contributed by atoms with E-state index < -0.39 is 0 Å². The summed E-state index contributed by atoms with van der Waals surface area (Å²) in [7, 11) is 0. The molecular weight excluding hydrogens is 154 g/mol. The number of aromatic nitrogens is 1. The predicted octanol–water partition coefficient (Wildman–Crippen LogP) is 2.15. The van der Waals surface area contributed by atoms with E-state index in [0.717, 1.165) is 11.1 Å². The maximum Gasteiger partial charge on any atom is 0.192 e. The Balaban J connectivity index is 2.83. The van der Waals surface area contributed by atoms with Crippen LogP contribution in [0.4, 0.5) is 0 Å². The lowest BCUT2D eigenvalue weighted by Gasteiger charge is -1.94. The van der Waals surface area contributed by atoms with Crippen molar-refractivity contribution in [1.82, 2.24) is 4.98 Å². The molecule has 0 saturated carbocycles. The van der Waals surface area contributed by atoms with E-state index in [1.54, 1.807) is 19.1 Å². The number of oxazole rings is 1. The maximum absolute atomic E-state index is 9.34. The Bertz CT molecular complexity index is 392. The van der Waals surface area contributed by atoms with E-state index in [-0.39, 0.29) is 5.75 Å². The van der Waals surface area contributed by atoms with Crippen molar-refractivity contribution in [3.8, 4) is 5.75 Å². The summed E-state index contributed by atoms with van der Waals surface area (Å²) in [5.41, 5.74) is 2.24. The highest BCUT2D eigenvalue weighted by Gasteiger charge is 2.04. The highest BCUT2D eigenvalue weighted by atomic mass is 16.3. The van der Waals surface area contributed by atoms with Gasteiger partial charge in [0.25, 0.3) is 0 Å². The zero-order valence-corrected chi connectivity index (χ0v) is 6.96. The molecule has 0 bridgehead atoms. The maximum atomic E-state index is 9.34. The van der Waals surface area contributed by atoms with Gasteiger partial charge in [0.1, 0.15) is 11.3 Å². The van der Waals surface area contributed by atoms with Gasteiger partial charge in [-0.05, 0) is 18.6 Å². The second kappa shape index (κ2) is 2.24. The van der Waals surface area contributed by atoms with Crippen molar-refractivity contribution in [1.29, 1.82) is 0 Å². The van der Waals surface area contributed by atoms with Crippen LogP contribution in [0.5, 0.6) is 5.75 Å². The van der Waals surface area contributed by atoms with E-state index in [9.17, 15) is 5.11 Å². The molecule has 62 valence electrons. The molecule has 1 aromatic heterocycles. The van der Waals surface area contributed by atoms with Crippen LogP contribution in [-0.2, 0) is 0 Å². The van der Waals surface area contributed by atoms with Gasteiger partial charge in [-0.2, -0.15) is 0 Å². The molecule has 1 aromatic carbocycles. The Morgan fingerprint density at radius 2 is 2.08 bits per heavy atom. The van der Waals surface area contributed by atoms with Gasteiger partial charge in [0.05, 0.1) is 0 Å². The summed E-state index contributed by atoms with van der Waals surface area (Å²) >= 11 is 0. The molecule has 3 heteroatoms. The van der Waals surface area contributed by atoms with Crippen molar-refractivity contribution in [2.75, 3.05) is 0 Å². The summed E-state index contributed by atoms with van der Waals surface area (Å²) < 4.78 is 5.23. The van der Waals surface area contributed by atoms with Gasteiger partial charge in [-0.25, -0.2) is 4.98 Å². The lowest BCUT2D eigenvalue weighted by Crippen LogP contribution is -1.74. The highest BCUT2D eigenvalue weighted by Crippen LogP contribution is 2.24. The molecular formula is C9H9NO2. The van der Waals surface area contributed by atoms with E-state index >= 15 is 0 Å². The first-order valence-electron chi connectivity index (χ1n) is 3.73. The van der Waals surface area contributed by atoms with Crippen molar-refractivity contribution in [3.63, 3.8) is 0 Å². The van der Waals surface area contributed by atoms with Gasteiger partial charge in [0.15, 0.2) is 11.5 Å². The smallest absolute Gasteiger partial charge is 0.192 e.